The van der Waals surface area contributed by atoms with E-state index in [0.29, 0.717) is 17.1 Å². The standard InChI is InChI=1S/C20H19N3O6S/c1-13-4-8-17(18(10-13)28-3)29-20-9-6-15(12-21-20)22-30(26,27)19-11-16(23(24)25)7-5-14(19)2/h4-12,22H,1-3H3. The number of nitro groups is 1. The van der Waals surface area contributed by atoms with E-state index in [4.69, 9.17) is 9.47 Å². The van der Waals surface area contributed by atoms with Crippen molar-refractivity contribution >= 4 is 21.4 Å². The second-order valence-electron chi connectivity index (χ2n) is 6.45. The van der Waals surface area contributed by atoms with Crippen molar-refractivity contribution < 1.29 is 22.8 Å². The van der Waals surface area contributed by atoms with Crippen LogP contribution in [0.4, 0.5) is 11.4 Å². The fourth-order valence-electron chi connectivity index (χ4n) is 2.67. The molecule has 0 spiro atoms. The van der Waals surface area contributed by atoms with Crippen molar-refractivity contribution in [1.82, 2.24) is 4.98 Å². The average Bonchev–Trinajstić information content (AvgIpc) is 2.70. The Bertz CT molecular complexity index is 1190. The number of sulfonamides is 1. The molecule has 0 aliphatic heterocycles. The molecule has 1 heterocycles. The summed E-state index contributed by atoms with van der Waals surface area (Å²) in [6.07, 6.45) is 1.29. The normalized spacial score (nSPS) is 11.0. The van der Waals surface area contributed by atoms with Gasteiger partial charge in [0.05, 0.1) is 28.8 Å². The summed E-state index contributed by atoms with van der Waals surface area (Å²) >= 11 is 0. The second-order valence-corrected chi connectivity index (χ2v) is 8.10. The first-order valence-electron chi connectivity index (χ1n) is 8.76. The summed E-state index contributed by atoms with van der Waals surface area (Å²) in [6.45, 7) is 3.48. The number of hydrogen-bond acceptors (Lipinski definition) is 7. The molecule has 1 N–H and O–H groups in total. The van der Waals surface area contributed by atoms with E-state index in [-0.39, 0.29) is 22.2 Å². The molecule has 0 aliphatic rings. The van der Waals surface area contributed by atoms with Crippen LogP contribution < -0.4 is 14.2 Å². The highest BCUT2D eigenvalue weighted by Crippen LogP contribution is 2.32. The van der Waals surface area contributed by atoms with Crippen molar-refractivity contribution in [2.75, 3.05) is 11.8 Å². The average molecular weight is 429 g/mol. The van der Waals surface area contributed by atoms with Crippen LogP contribution in [0, 0.1) is 24.0 Å². The van der Waals surface area contributed by atoms with Crippen molar-refractivity contribution in [2.24, 2.45) is 0 Å². The van der Waals surface area contributed by atoms with Crippen LogP contribution in [0.5, 0.6) is 17.4 Å². The fourth-order valence-corrected chi connectivity index (χ4v) is 3.98. The van der Waals surface area contributed by atoms with Gasteiger partial charge in [0.1, 0.15) is 0 Å². The molecule has 0 amide bonds. The number of methoxy groups -OCH3 is 1. The van der Waals surface area contributed by atoms with E-state index in [1.165, 1.54) is 37.6 Å². The summed E-state index contributed by atoms with van der Waals surface area (Å²) in [5.74, 6) is 1.26. The summed E-state index contributed by atoms with van der Waals surface area (Å²) in [5, 5.41) is 11.0. The van der Waals surface area contributed by atoms with E-state index < -0.39 is 14.9 Å². The SMILES string of the molecule is COc1cc(C)ccc1Oc1ccc(NS(=O)(=O)c2cc([N+](=O)[O-])ccc2C)cn1. The van der Waals surface area contributed by atoms with E-state index in [1.54, 1.807) is 13.0 Å². The lowest BCUT2D eigenvalue weighted by Gasteiger charge is -2.12. The molecule has 9 nitrogen and oxygen atoms in total. The summed E-state index contributed by atoms with van der Waals surface area (Å²) in [4.78, 5) is 14.2. The van der Waals surface area contributed by atoms with Gasteiger partial charge < -0.3 is 9.47 Å². The lowest BCUT2D eigenvalue weighted by Crippen LogP contribution is -2.14. The van der Waals surface area contributed by atoms with Gasteiger partial charge in [-0.15, -0.1) is 0 Å². The van der Waals surface area contributed by atoms with Crippen molar-refractivity contribution in [2.45, 2.75) is 18.7 Å². The number of benzene rings is 2. The van der Waals surface area contributed by atoms with Gasteiger partial charge in [-0.2, -0.15) is 0 Å². The van der Waals surface area contributed by atoms with Gasteiger partial charge in [0.25, 0.3) is 15.7 Å². The maximum Gasteiger partial charge on any atom is 0.270 e. The maximum atomic E-state index is 12.7. The van der Waals surface area contributed by atoms with Crippen LogP contribution in [-0.4, -0.2) is 25.4 Å². The Kier molecular flexibility index (Phi) is 5.88. The van der Waals surface area contributed by atoms with Crippen LogP contribution in [-0.2, 0) is 10.0 Å². The zero-order valence-electron chi connectivity index (χ0n) is 16.4. The predicted octanol–water partition coefficient (Wildman–Crippen LogP) is 4.21. The molecule has 3 rings (SSSR count). The summed E-state index contributed by atoms with van der Waals surface area (Å²) in [5.41, 5.74) is 1.26. The molecule has 0 bridgehead atoms. The van der Waals surface area contributed by atoms with Gasteiger partial charge in [0.15, 0.2) is 11.5 Å². The molecule has 0 unspecified atom stereocenters. The molecular weight excluding hydrogens is 410 g/mol. The molecule has 0 aliphatic carbocycles. The van der Waals surface area contributed by atoms with Crippen LogP contribution in [0.2, 0.25) is 0 Å². The third kappa shape index (κ3) is 4.66. The lowest BCUT2D eigenvalue weighted by atomic mass is 10.2. The number of non-ortho nitro benzene ring substituents is 1. The maximum absolute atomic E-state index is 12.7. The molecule has 0 fully saturated rings. The molecule has 10 heteroatoms. The predicted molar refractivity (Wildman–Crippen MR) is 111 cm³/mol. The largest absolute Gasteiger partial charge is 0.493 e. The molecule has 0 saturated heterocycles. The van der Waals surface area contributed by atoms with Crippen molar-refractivity contribution in [1.29, 1.82) is 0 Å². The third-order valence-electron chi connectivity index (χ3n) is 4.19. The van der Waals surface area contributed by atoms with Crippen LogP contribution in [0.3, 0.4) is 0 Å². The Morgan fingerprint density at radius 3 is 2.43 bits per heavy atom. The Morgan fingerprint density at radius 2 is 1.80 bits per heavy atom. The van der Waals surface area contributed by atoms with Crippen LogP contribution in [0.15, 0.2) is 59.6 Å². The van der Waals surface area contributed by atoms with Gasteiger partial charge in [-0.3, -0.25) is 14.8 Å². The van der Waals surface area contributed by atoms with E-state index in [9.17, 15) is 18.5 Å². The zero-order chi connectivity index (χ0) is 21.9. The fraction of sp³-hybridized carbons (Fsp3) is 0.150. The minimum atomic E-state index is -4.04. The molecule has 156 valence electrons. The quantitative estimate of drug-likeness (QED) is 0.441. The molecular formula is C20H19N3O6S. The highest BCUT2D eigenvalue weighted by Gasteiger charge is 2.21. The summed E-state index contributed by atoms with van der Waals surface area (Å²) in [6, 6.07) is 12.1. The molecule has 0 atom stereocenters. The highest BCUT2D eigenvalue weighted by molar-refractivity contribution is 7.92. The van der Waals surface area contributed by atoms with E-state index in [1.807, 2.05) is 19.1 Å². The Morgan fingerprint density at radius 1 is 1.03 bits per heavy atom. The minimum absolute atomic E-state index is 0.179. The smallest absolute Gasteiger partial charge is 0.270 e. The number of nitro benzene ring substituents is 1. The van der Waals surface area contributed by atoms with Gasteiger partial charge in [0, 0.05) is 18.2 Å². The zero-order valence-corrected chi connectivity index (χ0v) is 17.3. The number of nitrogens with one attached hydrogen (secondary N) is 1. The number of aryl methyl sites for hydroxylation is 2. The molecule has 1 aromatic heterocycles. The topological polar surface area (TPSA) is 121 Å². The van der Waals surface area contributed by atoms with Gasteiger partial charge in [-0.05, 0) is 43.2 Å². The Labute approximate surface area is 173 Å². The number of aromatic nitrogens is 1. The van der Waals surface area contributed by atoms with Crippen molar-refractivity contribution in [3.8, 4) is 17.4 Å². The second kappa shape index (κ2) is 8.37. The Balaban J connectivity index is 1.80. The van der Waals surface area contributed by atoms with E-state index >= 15 is 0 Å². The van der Waals surface area contributed by atoms with Gasteiger partial charge in [0.2, 0.25) is 5.88 Å². The van der Waals surface area contributed by atoms with Crippen LogP contribution >= 0.6 is 0 Å². The minimum Gasteiger partial charge on any atom is -0.493 e. The monoisotopic (exact) mass is 429 g/mol. The highest BCUT2D eigenvalue weighted by atomic mass is 32.2. The third-order valence-corrected chi connectivity index (χ3v) is 5.72. The molecule has 30 heavy (non-hydrogen) atoms. The molecule has 2 aromatic carbocycles. The number of nitrogens with zero attached hydrogens (tertiary/aromatic N) is 2. The first-order chi connectivity index (χ1) is 14.2. The molecule has 0 radical (unpaired) electrons. The molecule has 3 aromatic rings. The Hall–Kier alpha value is -3.66. The van der Waals surface area contributed by atoms with Crippen molar-refractivity contribution in [3.63, 3.8) is 0 Å². The van der Waals surface area contributed by atoms with Crippen molar-refractivity contribution in [3.05, 3.63) is 76.0 Å². The van der Waals surface area contributed by atoms with Crippen LogP contribution in [0.25, 0.3) is 0 Å². The first-order valence-corrected chi connectivity index (χ1v) is 10.2. The summed E-state index contributed by atoms with van der Waals surface area (Å²) < 4.78 is 38.7. The summed E-state index contributed by atoms with van der Waals surface area (Å²) in [7, 11) is -2.51. The van der Waals surface area contributed by atoms with E-state index in [2.05, 4.69) is 9.71 Å². The molecule has 0 saturated carbocycles. The number of hydrogen-bond donors (Lipinski definition) is 1. The first kappa shape index (κ1) is 21.1. The number of anilines is 1. The lowest BCUT2D eigenvalue weighted by molar-refractivity contribution is -0.385. The number of rotatable bonds is 7. The van der Waals surface area contributed by atoms with Gasteiger partial charge in [-0.1, -0.05) is 12.1 Å². The van der Waals surface area contributed by atoms with Crippen LogP contribution in [0.1, 0.15) is 11.1 Å². The van der Waals surface area contributed by atoms with Gasteiger partial charge >= 0.3 is 0 Å². The van der Waals surface area contributed by atoms with E-state index in [0.717, 1.165) is 11.6 Å². The van der Waals surface area contributed by atoms with Gasteiger partial charge in [-0.25, -0.2) is 13.4 Å². The number of ether oxygens (including phenoxy) is 2. The number of pyridine rings is 1.